The quantitative estimate of drug-likeness (QED) is 0.788. The Morgan fingerprint density at radius 1 is 1.30 bits per heavy atom. The zero-order valence-corrected chi connectivity index (χ0v) is 15.0. The molecule has 3 saturated carbocycles. The van der Waals surface area contributed by atoms with Gasteiger partial charge < -0.3 is 19.9 Å². The van der Waals surface area contributed by atoms with Gasteiger partial charge in [-0.15, -0.1) is 0 Å². The molecule has 130 valence electrons. The van der Waals surface area contributed by atoms with Crippen LogP contribution in [-0.4, -0.2) is 49.2 Å². The summed E-state index contributed by atoms with van der Waals surface area (Å²) in [7, 11) is -0.242. The zero-order valence-electron chi connectivity index (χ0n) is 15.0. The van der Waals surface area contributed by atoms with Crippen molar-refractivity contribution in [3.63, 3.8) is 0 Å². The van der Waals surface area contributed by atoms with E-state index in [0.717, 1.165) is 31.7 Å². The smallest absolute Gasteiger partial charge is 0.404 e. The van der Waals surface area contributed by atoms with E-state index < -0.39 is 0 Å². The van der Waals surface area contributed by atoms with E-state index in [1.165, 1.54) is 6.42 Å². The first kappa shape index (κ1) is 17.2. The fourth-order valence-corrected chi connectivity index (χ4v) is 5.05. The highest BCUT2D eigenvalue weighted by Gasteiger charge is 2.63. The Bertz CT molecular complexity index is 459. The van der Waals surface area contributed by atoms with E-state index in [1.54, 1.807) is 0 Å². The SMILES string of the molecule is CC.CC1(C)C2CC3OB(C4CCCN4C(=O)CN)OC3C1C2. The van der Waals surface area contributed by atoms with E-state index in [4.69, 9.17) is 15.0 Å². The summed E-state index contributed by atoms with van der Waals surface area (Å²) in [5.41, 5.74) is 5.91. The van der Waals surface area contributed by atoms with Gasteiger partial charge in [-0.3, -0.25) is 4.79 Å². The summed E-state index contributed by atoms with van der Waals surface area (Å²) in [5, 5.41) is 0. The third-order valence-corrected chi connectivity index (χ3v) is 6.53. The fourth-order valence-electron chi connectivity index (χ4n) is 5.05. The highest BCUT2D eigenvalue weighted by atomic mass is 16.7. The Kier molecular flexibility index (Phi) is 4.78. The molecule has 5 fully saturated rings. The number of rotatable bonds is 2. The number of carbonyl (C=O) groups excluding carboxylic acids is 1. The average Bonchev–Trinajstić information content (AvgIpc) is 3.21. The summed E-state index contributed by atoms with van der Waals surface area (Å²) >= 11 is 0. The van der Waals surface area contributed by atoms with Crippen LogP contribution in [-0.2, 0) is 14.1 Å². The van der Waals surface area contributed by atoms with Crippen LogP contribution < -0.4 is 5.73 Å². The summed E-state index contributed by atoms with van der Waals surface area (Å²) in [4.78, 5) is 13.8. The molecule has 3 aliphatic carbocycles. The lowest BCUT2D eigenvalue weighted by molar-refractivity contribution is -0.150. The van der Waals surface area contributed by atoms with Crippen LogP contribution in [0.3, 0.4) is 0 Å². The van der Waals surface area contributed by atoms with E-state index in [9.17, 15) is 4.79 Å². The predicted octanol–water partition coefficient (Wildman–Crippen LogP) is 1.84. The summed E-state index contributed by atoms with van der Waals surface area (Å²) in [6.07, 6.45) is 4.84. The second-order valence-corrected chi connectivity index (χ2v) is 7.74. The maximum atomic E-state index is 12.0. The molecule has 0 aromatic carbocycles. The second kappa shape index (κ2) is 6.38. The Morgan fingerprint density at radius 2 is 2.04 bits per heavy atom. The lowest BCUT2D eigenvalue weighted by Gasteiger charge is -2.60. The monoisotopic (exact) mass is 322 g/mol. The molecule has 5 nitrogen and oxygen atoms in total. The number of nitrogens with zero attached hydrogens (tertiary/aromatic N) is 1. The number of hydrogen-bond acceptors (Lipinski definition) is 4. The van der Waals surface area contributed by atoms with Gasteiger partial charge in [-0.1, -0.05) is 27.7 Å². The molecule has 2 heterocycles. The van der Waals surface area contributed by atoms with E-state index >= 15 is 0 Å². The van der Waals surface area contributed by atoms with Crippen molar-refractivity contribution in [2.24, 2.45) is 23.0 Å². The van der Waals surface area contributed by atoms with Gasteiger partial charge in [0.1, 0.15) is 0 Å². The van der Waals surface area contributed by atoms with Crippen molar-refractivity contribution in [1.29, 1.82) is 0 Å². The molecule has 2 aliphatic heterocycles. The van der Waals surface area contributed by atoms with E-state index in [0.29, 0.717) is 11.3 Å². The lowest BCUT2D eigenvalue weighted by Crippen LogP contribution is -2.59. The topological polar surface area (TPSA) is 64.8 Å². The van der Waals surface area contributed by atoms with Crippen LogP contribution in [0.4, 0.5) is 0 Å². The van der Waals surface area contributed by atoms with Crippen molar-refractivity contribution < 1.29 is 14.1 Å². The molecular weight excluding hydrogens is 291 g/mol. The Balaban J connectivity index is 0.000000753. The summed E-state index contributed by atoms with van der Waals surface area (Å²) in [5.74, 6) is 1.47. The normalized spacial score (nSPS) is 40.1. The molecule has 5 rings (SSSR count). The molecule has 23 heavy (non-hydrogen) atoms. The molecule has 0 aromatic heterocycles. The van der Waals surface area contributed by atoms with Crippen LogP contribution in [0.2, 0.25) is 0 Å². The second-order valence-electron chi connectivity index (χ2n) is 7.74. The summed E-state index contributed by atoms with van der Waals surface area (Å²) in [6, 6.07) is 0. The van der Waals surface area contributed by atoms with E-state index in [1.807, 2.05) is 18.7 Å². The molecule has 1 amide bonds. The Hall–Kier alpha value is -0.585. The molecule has 5 atom stereocenters. The van der Waals surface area contributed by atoms with Crippen molar-refractivity contribution in [3.05, 3.63) is 0 Å². The van der Waals surface area contributed by atoms with Gasteiger partial charge in [0, 0.05) is 6.54 Å². The first-order chi connectivity index (χ1) is 11.0. The Morgan fingerprint density at radius 3 is 2.70 bits per heavy atom. The molecule has 5 aliphatic rings. The molecule has 5 unspecified atom stereocenters. The van der Waals surface area contributed by atoms with Crippen molar-refractivity contribution in [2.45, 2.75) is 71.5 Å². The fraction of sp³-hybridized carbons (Fsp3) is 0.941. The third kappa shape index (κ3) is 2.63. The predicted molar refractivity (Wildman–Crippen MR) is 90.6 cm³/mol. The van der Waals surface area contributed by atoms with Crippen molar-refractivity contribution in [1.82, 2.24) is 4.90 Å². The average molecular weight is 322 g/mol. The highest BCUT2D eigenvalue weighted by Crippen LogP contribution is 2.61. The summed E-state index contributed by atoms with van der Waals surface area (Å²) < 4.78 is 12.5. The number of nitrogens with two attached hydrogens (primary N) is 1. The molecule has 2 saturated heterocycles. The highest BCUT2D eigenvalue weighted by molar-refractivity contribution is 6.47. The third-order valence-electron chi connectivity index (χ3n) is 6.53. The number of amides is 1. The van der Waals surface area contributed by atoms with Gasteiger partial charge >= 0.3 is 7.12 Å². The maximum Gasteiger partial charge on any atom is 0.481 e. The minimum absolute atomic E-state index is 0.0178. The molecule has 0 spiro atoms. The number of hydrogen-bond donors (Lipinski definition) is 1. The minimum Gasteiger partial charge on any atom is -0.404 e. The minimum atomic E-state index is -0.242. The standard InChI is InChI=1S/C15H25BN2O3.C2H6/c1-15(2)9-6-10(15)14-11(7-9)20-16(21-14)12-4-3-5-18(12)13(19)8-17;1-2/h9-12,14H,3-8,17H2,1-2H3;1-2H3. The van der Waals surface area contributed by atoms with Gasteiger partial charge in [0.25, 0.3) is 0 Å². The lowest BCUT2D eigenvalue weighted by atomic mass is 9.47. The van der Waals surface area contributed by atoms with Gasteiger partial charge in [-0.2, -0.15) is 0 Å². The van der Waals surface area contributed by atoms with Crippen LogP contribution in [0.5, 0.6) is 0 Å². The first-order valence-corrected chi connectivity index (χ1v) is 9.33. The Labute approximate surface area is 140 Å². The van der Waals surface area contributed by atoms with Crippen LogP contribution in [0, 0.1) is 17.3 Å². The van der Waals surface area contributed by atoms with Crippen LogP contribution in [0.25, 0.3) is 0 Å². The van der Waals surface area contributed by atoms with Crippen LogP contribution in [0.1, 0.15) is 53.4 Å². The summed E-state index contributed by atoms with van der Waals surface area (Å²) in [6.45, 7) is 9.59. The molecule has 6 heteroatoms. The van der Waals surface area contributed by atoms with Gasteiger partial charge in [0.15, 0.2) is 0 Å². The molecular formula is C17H31BN2O3. The van der Waals surface area contributed by atoms with Gasteiger partial charge in [-0.05, 0) is 42.9 Å². The zero-order chi connectivity index (χ0) is 16.8. The van der Waals surface area contributed by atoms with E-state index in [-0.39, 0.29) is 37.7 Å². The molecule has 2 N–H and O–H groups in total. The molecule has 2 bridgehead atoms. The largest absolute Gasteiger partial charge is 0.481 e. The maximum absolute atomic E-state index is 12.0. The first-order valence-electron chi connectivity index (χ1n) is 9.33. The van der Waals surface area contributed by atoms with Gasteiger partial charge in [-0.25, -0.2) is 0 Å². The van der Waals surface area contributed by atoms with Crippen molar-refractivity contribution in [3.8, 4) is 0 Å². The number of carbonyl (C=O) groups is 1. The number of likely N-dealkylation sites (tertiary alicyclic amines) is 1. The van der Waals surface area contributed by atoms with Crippen molar-refractivity contribution >= 4 is 13.0 Å². The van der Waals surface area contributed by atoms with Gasteiger partial charge in [0.05, 0.1) is 24.7 Å². The van der Waals surface area contributed by atoms with Gasteiger partial charge in [0.2, 0.25) is 5.91 Å². The van der Waals surface area contributed by atoms with Crippen LogP contribution >= 0.6 is 0 Å². The molecule has 0 aromatic rings. The van der Waals surface area contributed by atoms with E-state index in [2.05, 4.69) is 13.8 Å². The molecule has 0 radical (unpaired) electrons. The van der Waals surface area contributed by atoms with Crippen molar-refractivity contribution in [2.75, 3.05) is 13.1 Å². The van der Waals surface area contributed by atoms with Crippen LogP contribution in [0.15, 0.2) is 0 Å².